The third-order valence-corrected chi connectivity index (χ3v) is 5.33. The average Bonchev–Trinajstić information content (AvgIpc) is 2.76. The molecule has 2 nitrogen and oxygen atoms in total. The van der Waals surface area contributed by atoms with Gasteiger partial charge in [0.1, 0.15) is 5.82 Å². The monoisotopic (exact) mass is 253 g/mol. The summed E-state index contributed by atoms with van der Waals surface area (Å²) in [6, 6.07) is 7.16. The molecule has 17 heavy (non-hydrogen) atoms. The first-order valence-corrected chi connectivity index (χ1v) is 7.31. The Hall–Kier alpha value is -0.500. The smallest absolute Gasteiger partial charge is 0.128 e. The summed E-state index contributed by atoms with van der Waals surface area (Å²) in [5, 5.41) is 3.57. The van der Waals surface area contributed by atoms with Gasteiger partial charge in [0, 0.05) is 18.1 Å². The highest BCUT2D eigenvalue weighted by atomic mass is 31.1. The van der Waals surface area contributed by atoms with Crippen molar-refractivity contribution < 1.29 is 9.13 Å². The van der Waals surface area contributed by atoms with Gasteiger partial charge in [-0.3, -0.25) is 5.09 Å². The zero-order chi connectivity index (χ0) is 11.9. The molecule has 2 heterocycles. The van der Waals surface area contributed by atoms with Crippen LogP contribution >= 0.6 is 8.73 Å². The average molecular weight is 253 g/mol. The molecule has 1 unspecified atom stereocenters. The lowest BCUT2D eigenvalue weighted by Gasteiger charge is -2.43. The number of halogens is 1. The van der Waals surface area contributed by atoms with E-state index >= 15 is 0 Å². The summed E-state index contributed by atoms with van der Waals surface area (Å²) in [7, 11) is 0.705. The van der Waals surface area contributed by atoms with E-state index in [1.54, 1.807) is 12.1 Å². The first-order valence-electron chi connectivity index (χ1n) is 6.11. The molecule has 1 N–H and O–H groups in total. The maximum absolute atomic E-state index is 14.1. The van der Waals surface area contributed by atoms with Crippen molar-refractivity contribution in [2.75, 3.05) is 12.8 Å². The number of hydrogen-bond acceptors (Lipinski definition) is 2. The van der Waals surface area contributed by atoms with E-state index in [-0.39, 0.29) is 17.5 Å². The molecule has 92 valence electrons. The van der Waals surface area contributed by atoms with Gasteiger partial charge in [0.25, 0.3) is 0 Å². The fourth-order valence-corrected chi connectivity index (χ4v) is 4.91. The largest absolute Gasteiger partial charge is 0.378 e. The number of ether oxygens (including phenoxy) is 1. The van der Waals surface area contributed by atoms with Crippen molar-refractivity contribution in [3.8, 4) is 0 Å². The molecule has 2 fully saturated rings. The van der Waals surface area contributed by atoms with Crippen LogP contribution in [-0.4, -0.2) is 18.9 Å². The normalized spacial score (nSPS) is 38.2. The summed E-state index contributed by atoms with van der Waals surface area (Å²) < 4.78 is 19.8. The molecule has 1 aromatic rings. The van der Waals surface area contributed by atoms with E-state index in [2.05, 4.69) is 12.0 Å². The Morgan fingerprint density at radius 2 is 2.29 bits per heavy atom. The minimum Gasteiger partial charge on any atom is -0.378 e. The number of fused-ring (bicyclic) bond motifs is 1. The minimum atomic E-state index is -0.193. The Labute approximate surface area is 103 Å². The Bertz CT molecular complexity index is 428. The quantitative estimate of drug-likeness (QED) is 0.777. The van der Waals surface area contributed by atoms with Gasteiger partial charge < -0.3 is 4.74 Å². The molecule has 0 aromatic heterocycles. The molecule has 3 rings (SSSR count). The van der Waals surface area contributed by atoms with E-state index in [1.807, 2.05) is 12.1 Å². The second-order valence-electron chi connectivity index (χ2n) is 4.89. The molecule has 4 heteroatoms. The van der Waals surface area contributed by atoms with E-state index in [0.29, 0.717) is 21.3 Å². The molecular weight excluding hydrogens is 236 g/mol. The van der Waals surface area contributed by atoms with E-state index in [1.165, 1.54) is 0 Å². The lowest BCUT2D eigenvalue weighted by Crippen LogP contribution is -2.50. The van der Waals surface area contributed by atoms with Crippen LogP contribution in [0.5, 0.6) is 0 Å². The summed E-state index contributed by atoms with van der Waals surface area (Å²) in [4.78, 5) is 0. The van der Waals surface area contributed by atoms with Crippen LogP contribution in [-0.2, 0) is 10.3 Å². The second-order valence-corrected chi connectivity index (χ2v) is 5.90. The molecule has 0 aliphatic carbocycles. The van der Waals surface area contributed by atoms with Crippen molar-refractivity contribution in [1.29, 1.82) is 0 Å². The van der Waals surface area contributed by atoms with Crippen molar-refractivity contribution in [1.82, 2.24) is 5.09 Å². The molecule has 0 radical (unpaired) electrons. The SMILES string of the molecule is C[C@H]1OCC[C@]2(c3ccccc3F)NPC[C@H]12. The number of hydrogen-bond donors (Lipinski definition) is 1. The van der Waals surface area contributed by atoms with Gasteiger partial charge in [-0.1, -0.05) is 26.9 Å². The van der Waals surface area contributed by atoms with Gasteiger partial charge in [-0.2, -0.15) is 0 Å². The van der Waals surface area contributed by atoms with Crippen LogP contribution in [0.25, 0.3) is 0 Å². The standard InChI is InChI=1S/C13H17FNOP/c1-9-11-8-17-15-13(11,6-7-16-9)10-4-2-3-5-12(10)14/h2-5,9,11,15,17H,6-8H2,1H3/t9-,11-,13-/m1/s1. The zero-order valence-corrected chi connectivity index (χ0v) is 10.9. The van der Waals surface area contributed by atoms with Crippen LogP contribution in [0.15, 0.2) is 24.3 Å². The summed E-state index contributed by atoms with van der Waals surface area (Å²) in [5.41, 5.74) is 0.631. The predicted octanol–water partition coefficient (Wildman–Crippen LogP) is 2.64. The highest BCUT2D eigenvalue weighted by Crippen LogP contribution is 2.49. The van der Waals surface area contributed by atoms with Gasteiger partial charge in [0.15, 0.2) is 0 Å². The number of rotatable bonds is 1. The summed E-state index contributed by atoms with van der Waals surface area (Å²) in [6.45, 7) is 2.82. The van der Waals surface area contributed by atoms with Crippen LogP contribution < -0.4 is 5.09 Å². The number of nitrogens with one attached hydrogen (secondary N) is 1. The van der Waals surface area contributed by atoms with E-state index < -0.39 is 0 Å². The van der Waals surface area contributed by atoms with Gasteiger partial charge in [-0.25, -0.2) is 4.39 Å². The van der Waals surface area contributed by atoms with Gasteiger partial charge in [-0.15, -0.1) is 0 Å². The van der Waals surface area contributed by atoms with Crippen LogP contribution in [0, 0.1) is 11.7 Å². The maximum Gasteiger partial charge on any atom is 0.128 e. The highest BCUT2D eigenvalue weighted by Gasteiger charge is 2.50. The fourth-order valence-electron chi connectivity index (χ4n) is 3.15. The maximum atomic E-state index is 14.1. The fraction of sp³-hybridized carbons (Fsp3) is 0.538. The van der Waals surface area contributed by atoms with Gasteiger partial charge in [0.2, 0.25) is 0 Å². The third-order valence-electron chi connectivity index (χ3n) is 4.06. The van der Waals surface area contributed by atoms with Gasteiger partial charge >= 0.3 is 0 Å². The van der Waals surface area contributed by atoms with E-state index in [9.17, 15) is 4.39 Å². The van der Waals surface area contributed by atoms with Crippen molar-refractivity contribution in [3.63, 3.8) is 0 Å². The Morgan fingerprint density at radius 1 is 1.47 bits per heavy atom. The second kappa shape index (κ2) is 4.31. The first kappa shape index (κ1) is 11.6. The van der Waals surface area contributed by atoms with Crippen LogP contribution in [0.3, 0.4) is 0 Å². The summed E-state index contributed by atoms with van der Waals surface area (Å²) in [5.74, 6) is 0.303. The van der Waals surface area contributed by atoms with Crippen LogP contribution in [0.2, 0.25) is 0 Å². The van der Waals surface area contributed by atoms with Crippen LogP contribution in [0.4, 0.5) is 4.39 Å². The predicted molar refractivity (Wildman–Crippen MR) is 67.9 cm³/mol. The lowest BCUT2D eigenvalue weighted by molar-refractivity contribution is -0.0514. The van der Waals surface area contributed by atoms with Crippen molar-refractivity contribution >= 4 is 8.73 Å². The molecule has 0 amide bonds. The summed E-state index contributed by atoms with van der Waals surface area (Å²) in [6.07, 6.45) is 2.18. The Balaban J connectivity index is 2.07. The van der Waals surface area contributed by atoms with E-state index in [0.717, 1.165) is 18.1 Å². The third kappa shape index (κ3) is 1.72. The first-order chi connectivity index (χ1) is 8.24. The van der Waals surface area contributed by atoms with E-state index in [4.69, 9.17) is 4.74 Å². The molecule has 0 spiro atoms. The topological polar surface area (TPSA) is 21.3 Å². The Morgan fingerprint density at radius 3 is 3.12 bits per heavy atom. The van der Waals surface area contributed by atoms with Crippen molar-refractivity contribution in [2.45, 2.75) is 25.0 Å². The van der Waals surface area contributed by atoms with Gasteiger partial charge in [0.05, 0.1) is 11.6 Å². The molecule has 0 bridgehead atoms. The Kier molecular flexibility index (Phi) is 2.94. The number of benzene rings is 1. The lowest BCUT2D eigenvalue weighted by atomic mass is 9.73. The zero-order valence-electron chi connectivity index (χ0n) is 9.87. The molecule has 2 aliphatic heterocycles. The molecule has 1 aromatic carbocycles. The molecule has 0 saturated carbocycles. The molecule has 4 atom stereocenters. The highest BCUT2D eigenvalue weighted by molar-refractivity contribution is 7.36. The van der Waals surface area contributed by atoms with Gasteiger partial charge in [-0.05, 0) is 25.6 Å². The summed E-state index contributed by atoms with van der Waals surface area (Å²) >= 11 is 0. The van der Waals surface area contributed by atoms with Crippen molar-refractivity contribution in [2.24, 2.45) is 5.92 Å². The molecule has 2 saturated heterocycles. The minimum absolute atomic E-state index is 0.0919. The van der Waals surface area contributed by atoms with Crippen molar-refractivity contribution in [3.05, 3.63) is 35.6 Å². The molecule has 2 aliphatic rings. The van der Waals surface area contributed by atoms with Crippen LogP contribution in [0.1, 0.15) is 18.9 Å². The molecular formula is C13H17FNOP.